The van der Waals surface area contributed by atoms with Gasteiger partial charge < -0.3 is 9.64 Å². The van der Waals surface area contributed by atoms with E-state index in [2.05, 4.69) is 43.6 Å². The monoisotopic (exact) mass is 409 g/mol. The molecule has 0 saturated carbocycles. The number of nitrogens with zero attached hydrogens (tertiary/aromatic N) is 4. The van der Waals surface area contributed by atoms with E-state index >= 15 is 0 Å². The summed E-state index contributed by atoms with van der Waals surface area (Å²) in [6.45, 7) is 1.94. The van der Waals surface area contributed by atoms with Crippen LogP contribution < -0.4 is 15.0 Å². The number of benzene rings is 1. The molecule has 0 radical (unpaired) electrons. The summed E-state index contributed by atoms with van der Waals surface area (Å²) in [6.07, 6.45) is 4.94. The highest BCUT2D eigenvalue weighted by molar-refractivity contribution is 7.13. The van der Waals surface area contributed by atoms with Crippen molar-refractivity contribution in [2.45, 2.75) is 19.3 Å². The highest BCUT2D eigenvalue weighted by Gasteiger charge is 2.21. The number of amides is 1. The molecule has 29 heavy (non-hydrogen) atoms. The van der Waals surface area contributed by atoms with Gasteiger partial charge in [0.25, 0.3) is 5.91 Å². The summed E-state index contributed by atoms with van der Waals surface area (Å²) in [5.74, 6) is 2.27. The van der Waals surface area contributed by atoms with Crippen LogP contribution in [0.25, 0.3) is 0 Å². The number of carbonyl (C=O) groups excluding carboxylic acids is 1. The minimum absolute atomic E-state index is 0.224. The maximum absolute atomic E-state index is 12.2. The summed E-state index contributed by atoms with van der Waals surface area (Å²) in [5, 5.41) is 10.7. The number of nitrogens with one attached hydrogen (secondary N) is 1. The molecular formula is C21H23N5O2S. The van der Waals surface area contributed by atoms with E-state index in [9.17, 15) is 4.79 Å². The molecule has 0 spiro atoms. The Morgan fingerprint density at radius 1 is 1.28 bits per heavy atom. The van der Waals surface area contributed by atoms with Crippen LogP contribution in [-0.2, 0) is 6.42 Å². The lowest BCUT2D eigenvalue weighted by Crippen LogP contribution is -2.34. The average molecular weight is 410 g/mol. The molecule has 1 aliphatic heterocycles. The van der Waals surface area contributed by atoms with Crippen molar-refractivity contribution in [2.24, 2.45) is 5.92 Å². The van der Waals surface area contributed by atoms with Crippen LogP contribution in [-0.4, -0.2) is 41.3 Å². The van der Waals surface area contributed by atoms with Crippen molar-refractivity contribution in [3.05, 3.63) is 59.2 Å². The second kappa shape index (κ2) is 9.00. The van der Waals surface area contributed by atoms with Gasteiger partial charge in [-0.05, 0) is 55.0 Å². The van der Waals surface area contributed by atoms with E-state index in [-0.39, 0.29) is 5.91 Å². The van der Waals surface area contributed by atoms with Crippen LogP contribution in [0.1, 0.15) is 28.8 Å². The van der Waals surface area contributed by atoms with Gasteiger partial charge in [-0.2, -0.15) is 0 Å². The number of rotatable bonds is 6. The fourth-order valence-corrected chi connectivity index (χ4v) is 4.04. The zero-order valence-electron chi connectivity index (χ0n) is 16.2. The lowest BCUT2D eigenvalue weighted by atomic mass is 9.90. The predicted molar refractivity (Wildman–Crippen MR) is 114 cm³/mol. The number of carbonyl (C=O) groups is 1. The molecular weight excluding hydrogens is 386 g/mol. The molecule has 1 N–H and O–H groups in total. The number of hydrogen-bond donors (Lipinski definition) is 1. The number of aromatic nitrogens is 3. The van der Waals surface area contributed by atoms with Crippen molar-refractivity contribution in [3.63, 3.8) is 0 Å². The highest BCUT2D eigenvalue weighted by Crippen LogP contribution is 2.26. The van der Waals surface area contributed by atoms with Crippen molar-refractivity contribution in [2.75, 3.05) is 30.4 Å². The maximum Gasteiger partial charge on any atom is 0.259 e. The Hall–Kier alpha value is -3.00. The number of hydrogen-bond acceptors (Lipinski definition) is 7. The van der Waals surface area contributed by atoms with Gasteiger partial charge in [-0.3, -0.25) is 10.1 Å². The number of piperidine rings is 1. The summed E-state index contributed by atoms with van der Waals surface area (Å²) in [6, 6.07) is 12.0. The van der Waals surface area contributed by atoms with Crippen molar-refractivity contribution in [1.82, 2.24) is 15.2 Å². The number of ether oxygens (including phenoxy) is 1. The van der Waals surface area contributed by atoms with Gasteiger partial charge in [-0.15, -0.1) is 10.2 Å². The second-order valence-corrected chi connectivity index (χ2v) is 7.92. The third-order valence-electron chi connectivity index (χ3n) is 5.19. The van der Waals surface area contributed by atoms with E-state index in [1.54, 1.807) is 24.9 Å². The lowest BCUT2D eigenvalue weighted by molar-refractivity contribution is 0.102. The van der Waals surface area contributed by atoms with Gasteiger partial charge in [-0.1, -0.05) is 23.5 Å². The normalized spacial score (nSPS) is 14.6. The SMILES string of the molecule is COc1cccc(CC2CCN(c3ccc(C(=O)Nc4nncs4)cn3)CC2)c1. The fourth-order valence-electron chi connectivity index (χ4n) is 3.60. The first-order chi connectivity index (χ1) is 14.2. The van der Waals surface area contributed by atoms with Gasteiger partial charge in [0.1, 0.15) is 17.1 Å². The quantitative estimate of drug-likeness (QED) is 0.669. The maximum atomic E-state index is 12.2. The third-order valence-corrected chi connectivity index (χ3v) is 5.79. The summed E-state index contributed by atoms with van der Waals surface area (Å²) < 4.78 is 5.32. The van der Waals surface area contributed by atoms with E-state index in [1.807, 2.05) is 12.1 Å². The molecule has 1 saturated heterocycles. The Kier molecular flexibility index (Phi) is 6.00. The Labute approximate surface area is 173 Å². The van der Waals surface area contributed by atoms with Crippen molar-refractivity contribution in [3.8, 4) is 5.75 Å². The minimum atomic E-state index is -0.224. The molecule has 1 fully saturated rings. The molecule has 1 aromatic carbocycles. The molecule has 4 rings (SSSR count). The van der Waals surface area contributed by atoms with Gasteiger partial charge in [0, 0.05) is 19.3 Å². The molecule has 7 nitrogen and oxygen atoms in total. The molecule has 0 atom stereocenters. The molecule has 150 valence electrons. The number of anilines is 2. The Balaban J connectivity index is 1.30. The second-order valence-electron chi connectivity index (χ2n) is 7.09. The van der Waals surface area contributed by atoms with Crippen LogP contribution >= 0.6 is 11.3 Å². The van der Waals surface area contributed by atoms with E-state index in [4.69, 9.17) is 4.74 Å². The fraction of sp³-hybridized carbons (Fsp3) is 0.333. The van der Waals surface area contributed by atoms with Crippen LogP contribution in [0.5, 0.6) is 5.75 Å². The van der Waals surface area contributed by atoms with Crippen LogP contribution in [0.3, 0.4) is 0 Å². The molecule has 3 heterocycles. The predicted octanol–water partition coefficient (Wildman–Crippen LogP) is 3.65. The van der Waals surface area contributed by atoms with Crippen LogP contribution in [0, 0.1) is 5.92 Å². The van der Waals surface area contributed by atoms with Crippen LogP contribution in [0.2, 0.25) is 0 Å². The first-order valence-electron chi connectivity index (χ1n) is 9.63. The van der Waals surface area contributed by atoms with Crippen LogP contribution in [0.15, 0.2) is 48.1 Å². The van der Waals surface area contributed by atoms with Gasteiger partial charge in [0.2, 0.25) is 5.13 Å². The molecule has 2 aromatic heterocycles. The largest absolute Gasteiger partial charge is 0.497 e. The minimum Gasteiger partial charge on any atom is -0.497 e. The third kappa shape index (κ3) is 4.89. The van der Waals surface area contributed by atoms with E-state index < -0.39 is 0 Å². The smallest absolute Gasteiger partial charge is 0.259 e. The van der Waals surface area contributed by atoms with Crippen molar-refractivity contribution in [1.29, 1.82) is 0 Å². The number of pyridine rings is 1. The molecule has 1 amide bonds. The van der Waals surface area contributed by atoms with Gasteiger partial charge >= 0.3 is 0 Å². The summed E-state index contributed by atoms with van der Waals surface area (Å²) in [5.41, 5.74) is 3.41. The zero-order valence-corrected chi connectivity index (χ0v) is 17.1. The molecule has 0 bridgehead atoms. The lowest BCUT2D eigenvalue weighted by Gasteiger charge is -2.33. The zero-order chi connectivity index (χ0) is 20.1. The topological polar surface area (TPSA) is 80.2 Å². The number of methoxy groups -OCH3 is 1. The van der Waals surface area contributed by atoms with Gasteiger partial charge in [-0.25, -0.2) is 4.98 Å². The highest BCUT2D eigenvalue weighted by atomic mass is 32.1. The van der Waals surface area contributed by atoms with Gasteiger partial charge in [0.15, 0.2) is 0 Å². The summed E-state index contributed by atoms with van der Waals surface area (Å²) in [4.78, 5) is 19.0. The average Bonchev–Trinajstić information content (AvgIpc) is 3.27. The summed E-state index contributed by atoms with van der Waals surface area (Å²) >= 11 is 1.28. The Morgan fingerprint density at radius 3 is 2.83 bits per heavy atom. The first kappa shape index (κ1) is 19.3. The molecule has 3 aromatic rings. The molecule has 1 aliphatic rings. The van der Waals surface area contributed by atoms with Gasteiger partial charge in [0.05, 0.1) is 12.7 Å². The Bertz CT molecular complexity index is 938. The van der Waals surface area contributed by atoms with E-state index in [0.717, 1.165) is 43.9 Å². The molecule has 0 unspecified atom stereocenters. The van der Waals surface area contributed by atoms with Crippen LogP contribution in [0.4, 0.5) is 10.9 Å². The van der Waals surface area contributed by atoms with E-state index in [1.165, 1.54) is 16.9 Å². The van der Waals surface area contributed by atoms with Crippen molar-refractivity contribution < 1.29 is 9.53 Å². The van der Waals surface area contributed by atoms with E-state index in [0.29, 0.717) is 16.6 Å². The Morgan fingerprint density at radius 2 is 2.14 bits per heavy atom. The summed E-state index contributed by atoms with van der Waals surface area (Å²) in [7, 11) is 1.70. The standard InChI is InChI=1S/C21H23N5O2S/c1-28-18-4-2-3-16(12-18)11-15-7-9-26(10-8-15)19-6-5-17(13-22-19)20(27)24-21-25-23-14-29-21/h2-6,12-15H,7-11H2,1H3,(H,24,25,27). The first-order valence-corrected chi connectivity index (χ1v) is 10.5. The van der Waals surface area contributed by atoms with Crippen molar-refractivity contribution >= 4 is 28.2 Å². The molecule has 0 aliphatic carbocycles. The molecule has 8 heteroatoms.